The van der Waals surface area contributed by atoms with Crippen LogP contribution < -0.4 is 4.80 Å². The molecule has 0 aliphatic carbocycles. The third-order valence-corrected chi connectivity index (χ3v) is 5.22. The van der Waals surface area contributed by atoms with E-state index in [0.29, 0.717) is 10.7 Å². The monoisotopic (exact) mass is 386 g/mol. The number of nitrogens with zero attached hydrogens (tertiary/aromatic N) is 2. The van der Waals surface area contributed by atoms with Crippen LogP contribution in [0.3, 0.4) is 0 Å². The van der Waals surface area contributed by atoms with E-state index in [1.807, 2.05) is 18.2 Å². The van der Waals surface area contributed by atoms with Crippen LogP contribution in [0.2, 0.25) is 0 Å². The van der Waals surface area contributed by atoms with Gasteiger partial charge in [0.15, 0.2) is 4.80 Å². The molecule has 0 atom stereocenters. The molecule has 0 bridgehead atoms. The summed E-state index contributed by atoms with van der Waals surface area (Å²) in [7, 11) is 1.31. The van der Waals surface area contributed by atoms with Gasteiger partial charge in [-0.2, -0.15) is 4.99 Å². The predicted molar refractivity (Wildman–Crippen MR) is 102 cm³/mol. The number of ether oxygens (including phenoxy) is 1. The van der Waals surface area contributed by atoms with Gasteiger partial charge in [0.05, 0.1) is 17.3 Å². The first-order chi connectivity index (χ1) is 12.9. The predicted octanol–water partition coefficient (Wildman–Crippen LogP) is 3.88. The average Bonchev–Trinajstić information content (AvgIpc) is 2.98. The normalized spacial score (nSPS) is 12.0. The summed E-state index contributed by atoms with van der Waals surface area (Å²) in [5, 5.41) is 0. The quantitative estimate of drug-likeness (QED) is 0.640. The molecule has 2 aromatic carbocycles. The van der Waals surface area contributed by atoms with Crippen LogP contribution in [-0.4, -0.2) is 23.6 Å². The molecule has 5 nitrogen and oxygen atoms in total. The molecule has 27 heavy (non-hydrogen) atoms. The Morgan fingerprint density at radius 2 is 1.89 bits per heavy atom. The summed E-state index contributed by atoms with van der Waals surface area (Å²) in [5.41, 5.74) is 2.24. The zero-order valence-corrected chi connectivity index (χ0v) is 16.0. The van der Waals surface area contributed by atoms with E-state index in [9.17, 15) is 14.0 Å². The van der Waals surface area contributed by atoms with Gasteiger partial charge in [-0.15, -0.1) is 0 Å². The lowest BCUT2D eigenvalue weighted by Crippen LogP contribution is -2.22. The molecule has 0 radical (unpaired) electrons. The molecule has 0 spiro atoms. The number of methoxy groups -OCH3 is 1. The van der Waals surface area contributed by atoms with E-state index < -0.39 is 17.7 Å². The summed E-state index contributed by atoms with van der Waals surface area (Å²) < 4.78 is 20.4. The van der Waals surface area contributed by atoms with Crippen LogP contribution in [0.5, 0.6) is 0 Å². The Bertz CT molecular complexity index is 1070. The maximum atomic E-state index is 13.1. The van der Waals surface area contributed by atoms with Crippen molar-refractivity contribution in [3.63, 3.8) is 0 Å². The third-order valence-electron chi connectivity index (χ3n) is 4.18. The number of esters is 1. The minimum Gasteiger partial charge on any atom is -0.468 e. The van der Waals surface area contributed by atoms with Gasteiger partial charge in [-0.25, -0.2) is 4.39 Å². The van der Waals surface area contributed by atoms with Gasteiger partial charge in [0.25, 0.3) is 5.91 Å². The number of aromatic nitrogens is 1. The van der Waals surface area contributed by atoms with Crippen molar-refractivity contribution in [1.82, 2.24) is 4.57 Å². The van der Waals surface area contributed by atoms with Gasteiger partial charge in [-0.3, -0.25) is 9.59 Å². The smallest absolute Gasteiger partial charge is 0.325 e. The minimum atomic E-state index is -0.496. The molecule has 0 saturated heterocycles. The summed E-state index contributed by atoms with van der Waals surface area (Å²) in [4.78, 5) is 28.9. The Hall–Kier alpha value is -2.80. The fourth-order valence-corrected chi connectivity index (χ4v) is 3.70. The van der Waals surface area contributed by atoms with E-state index in [1.54, 1.807) is 4.57 Å². The van der Waals surface area contributed by atoms with Crippen molar-refractivity contribution >= 4 is 33.4 Å². The lowest BCUT2D eigenvalue weighted by atomic mass is 10.0. The fourth-order valence-electron chi connectivity index (χ4n) is 2.62. The van der Waals surface area contributed by atoms with Crippen molar-refractivity contribution in [1.29, 1.82) is 0 Å². The second kappa shape index (κ2) is 7.84. The number of halogens is 1. The van der Waals surface area contributed by atoms with E-state index in [2.05, 4.69) is 18.8 Å². The molecule has 0 aliphatic heterocycles. The molecule has 0 N–H and O–H groups in total. The highest BCUT2D eigenvalue weighted by atomic mass is 32.1. The SMILES string of the molecule is COC(=O)Cn1c(=NC(=O)c2ccc(F)cc2)sc2cc(C(C)C)ccc21. The van der Waals surface area contributed by atoms with E-state index in [-0.39, 0.29) is 12.1 Å². The molecule has 3 aromatic rings. The number of carbonyl (C=O) groups excluding carboxylic acids is 2. The Morgan fingerprint density at radius 3 is 2.52 bits per heavy atom. The molecule has 3 rings (SSSR count). The highest BCUT2D eigenvalue weighted by molar-refractivity contribution is 7.16. The zero-order valence-electron chi connectivity index (χ0n) is 15.2. The van der Waals surface area contributed by atoms with Crippen molar-refractivity contribution in [2.24, 2.45) is 4.99 Å². The van der Waals surface area contributed by atoms with Crippen molar-refractivity contribution < 1.29 is 18.7 Å². The number of thiazole rings is 1. The van der Waals surface area contributed by atoms with Crippen molar-refractivity contribution in [2.45, 2.75) is 26.3 Å². The summed E-state index contributed by atoms with van der Waals surface area (Å²) >= 11 is 1.33. The standard InChI is InChI=1S/C20H19FN2O3S/c1-12(2)14-6-9-16-17(10-14)27-20(23(16)11-18(24)26-3)22-19(25)13-4-7-15(21)8-5-13/h4-10,12H,11H2,1-3H3. The van der Waals surface area contributed by atoms with Crippen LogP contribution in [-0.2, 0) is 16.1 Å². The highest BCUT2D eigenvalue weighted by Gasteiger charge is 2.13. The van der Waals surface area contributed by atoms with Crippen molar-refractivity contribution in [2.75, 3.05) is 7.11 Å². The Kier molecular flexibility index (Phi) is 5.51. The van der Waals surface area contributed by atoms with E-state index in [4.69, 9.17) is 4.74 Å². The van der Waals surface area contributed by atoms with Crippen LogP contribution in [0.4, 0.5) is 4.39 Å². The highest BCUT2D eigenvalue weighted by Crippen LogP contribution is 2.23. The number of carbonyl (C=O) groups is 2. The van der Waals surface area contributed by atoms with Crippen molar-refractivity contribution in [3.05, 3.63) is 64.2 Å². The van der Waals surface area contributed by atoms with Gasteiger partial charge in [-0.05, 0) is 47.9 Å². The van der Waals surface area contributed by atoms with Gasteiger partial charge < -0.3 is 9.30 Å². The van der Waals surface area contributed by atoms with Crippen LogP contribution >= 0.6 is 11.3 Å². The molecule has 1 aromatic heterocycles. The van der Waals surface area contributed by atoms with Crippen LogP contribution in [0.1, 0.15) is 35.7 Å². The van der Waals surface area contributed by atoms with Gasteiger partial charge in [0.1, 0.15) is 12.4 Å². The molecular weight excluding hydrogens is 367 g/mol. The lowest BCUT2D eigenvalue weighted by molar-refractivity contribution is -0.141. The summed E-state index contributed by atoms with van der Waals surface area (Å²) in [6, 6.07) is 11.2. The maximum Gasteiger partial charge on any atom is 0.325 e. The second-order valence-electron chi connectivity index (χ2n) is 6.35. The second-order valence-corrected chi connectivity index (χ2v) is 7.36. The molecule has 0 aliphatic rings. The maximum absolute atomic E-state index is 13.1. The minimum absolute atomic E-state index is 0.0486. The van der Waals surface area contributed by atoms with Crippen LogP contribution in [0, 0.1) is 5.82 Å². The topological polar surface area (TPSA) is 60.7 Å². The van der Waals surface area contributed by atoms with Crippen molar-refractivity contribution in [3.8, 4) is 0 Å². The average molecular weight is 386 g/mol. The fraction of sp³-hybridized carbons (Fsp3) is 0.250. The summed E-state index contributed by atoms with van der Waals surface area (Å²) in [5.74, 6) is -0.996. The number of hydrogen-bond donors (Lipinski definition) is 0. The van der Waals surface area contributed by atoms with E-state index in [0.717, 1.165) is 15.8 Å². The summed E-state index contributed by atoms with van der Waals surface area (Å²) in [6.07, 6.45) is 0. The Labute approximate surface area is 159 Å². The number of amides is 1. The van der Waals surface area contributed by atoms with E-state index in [1.165, 1.54) is 42.7 Å². The first kappa shape index (κ1) is 19.0. The number of hydrogen-bond acceptors (Lipinski definition) is 4. The molecule has 1 amide bonds. The molecule has 0 saturated carbocycles. The van der Waals surface area contributed by atoms with Crippen LogP contribution in [0.15, 0.2) is 47.5 Å². The lowest BCUT2D eigenvalue weighted by Gasteiger charge is -2.06. The largest absolute Gasteiger partial charge is 0.468 e. The van der Waals surface area contributed by atoms with Gasteiger partial charge in [0, 0.05) is 5.56 Å². The first-order valence-corrected chi connectivity index (χ1v) is 9.25. The van der Waals surface area contributed by atoms with E-state index >= 15 is 0 Å². The molecule has 140 valence electrons. The Morgan fingerprint density at radius 1 is 1.19 bits per heavy atom. The third kappa shape index (κ3) is 4.14. The molecule has 1 heterocycles. The summed E-state index contributed by atoms with van der Waals surface area (Å²) in [6.45, 7) is 4.15. The molecule has 0 unspecified atom stereocenters. The zero-order chi connectivity index (χ0) is 19.6. The first-order valence-electron chi connectivity index (χ1n) is 8.43. The number of benzene rings is 2. The molecular formula is C20H19FN2O3S. The number of rotatable bonds is 4. The Balaban J connectivity index is 2.14. The van der Waals surface area contributed by atoms with Crippen LogP contribution in [0.25, 0.3) is 10.2 Å². The van der Waals surface area contributed by atoms with Gasteiger partial charge >= 0.3 is 5.97 Å². The number of fused-ring (bicyclic) bond motifs is 1. The molecule has 7 heteroatoms. The van der Waals surface area contributed by atoms with Gasteiger partial charge in [-0.1, -0.05) is 31.3 Å². The molecule has 0 fully saturated rings. The van der Waals surface area contributed by atoms with Gasteiger partial charge in [0.2, 0.25) is 0 Å².